The summed E-state index contributed by atoms with van der Waals surface area (Å²) < 4.78 is 24.7. The summed E-state index contributed by atoms with van der Waals surface area (Å²) in [5.41, 5.74) is 3.22. The summed E-state index contributed by atoms with van der Waals surface area (Å²) in [4.78, 5) is 14.2. The van der Waals surface area contributed by atoms with Gasteiger partial charge in [0, 0.05) is 38.0 Å². The number of sulfonamides is 1. The molecule has 2 saturated heterocycles. The zero-order valence-electron chi connectivity index (χ0n) is 14.1. The number of carbonyl (C=O) groups is 1. The Morgan fingerprint density at radius 1 is 1.38 bits per heavy atom. The van der Waals surface area contributed by atoms with Crippen LogP contribution in [0.15, 0.2) is 0 Å². The van der Waals surface area contributed by atoms with Gasteiger partial charge in [-0.1, -0.05) is 6.92 Å². The van der Waals surface area contributed by atoms with E-state index in [0.29, 0.717) is 39.0 Å². The van der Waals surface area contributed by atoms with Gasteiger partial charge in [0.1, 0.15) is 0 Å². The van der Waals surface area contributed by atoms with Gasteiger partial charge in [-0.15, -0.1) is 11.8 Å². The molecule has 0 radical (unpaired) electrons. The van der Waals surface area contributed by atoms with E-state index in [0.717, 1.165) is 5.75 Å². The van der Waals surface area contributed by atoms with Crippen molar-refractivity contribution in [2.45, 2.75) is 31.2 Å². The number of carbonyl (C=O) groups excluding carboxylic acids is 1. The molecule has 0 spiro atoms. The van der Waals surface area contributed by atoms with Gasteiger partial charge in [0.15, 0.2) is 5.37 Å². The Kier molecular flexibility index (Phi) is 6.88. The van der Waals surface area contributed by atoms with Crippen LogP contribution in [-0.4, -0.2) is 84.7 Å². The normalized spacial score (nSPS) is 23.6. The highest BCUT2D eigenvalue weighted by Crippen LogP contribution is 2.24. The second-order valence-corrected chi connectivity index (χ2v) is 9.14. The van der Waals surface area contributed by atoms with Crippen LogP contribution < -0.4 is 5.43 Å². The van der Waals surface area contributed by atoms with Crippen molar-refractivity contribution in [2.75, 3.05) is 44.7 Å². The predicted molar refractivity (Wildman–Crippen MR) is 93.4 cm³/mol. The maximum Gasteiger partial charge on any atom is 0.239 e. The molecular formula is C14H25N5O3S2. The van der Waals surface area contributed by atoms with Crippen LogP contribution >= 0.6 is 11.8 Å². The van der Waals surface area contributed by atoms with Crippen molar-refractivity contribution in [3.8, 4) is 6.07 Å². The van der Waals surface area contributed by atoms with E-state index >= 15 is 0 Å². The third-order valence-corrected chi connectivity index (χ3v) is 6.72. The van der Waals surface area contributed by atoms with Gasteiger partial charge in [-0.2, -0.15) is 5.26 Å². The summed E-state index contributed by atoms with van der Waals surface area (Å²) in [5.74, 6) is 0.732. The maximum atomic E-state index is 12.5. The molecule has 8 nitrogen and oxygen atoms in total. The lowest BCUT2D eigenvalue weighted by Crippen LogP contribution is -2.55. The lowest BCUT2D eigenvalue weighted by atomic mass is 10.1. The number of thioether (sulfide) groups is 1. The van der Waals surface area contributed by atoms with E-state index in [2.05, 4.69) is 11.5 Å². The summed E-state index contributed by atoms with van der Waals surface area (Å²) in [5, 5.41) is 10.6. The second-order valence-electron chi connectivity index (χ2n) is 5.97. The third-order valence-electron chi connectivity index (χ3n) is 4.32. The molecule has 1 N–H and O–H groups in total. The summed E-state index contributed by atoms with van der Waals surface area (Å²) in [6.07, 6.45) is 2.60. The number of nitrogens with one attached hydrogen (secondary N) is 1. The maximum absolute atomic E-state index is 12.5. The number of piperidine rings is 1. The first-order chi connectivity index (χ1) is 11.4. The summed E-state index contributed by atoms with van der Waals surface area (Å²) in [6.45, 7) is 4.41. The Balaban J connectivity index is 1.95. The van der Waals surface area contributed by atoms with Gasteiger partial charge in [0.2, 0.25) is 15.9 Å². The Bertz CT molecular complexity index is 584. The molecule has 0 aromatic rings. The molecule has 136 valence electrons. The van der Waals surface area contributed by atoms with Gasteiger partial charge in [-0.3, -0.25) is 10.2 Å². The predicted octanol–water partition coefficient (Wildman–Crippen LogP) is -0.338. The molecule has 2 heterocycles. The van der Waals surface area contributed by atoms with E-state index in [1.807, 2.05) is 11.9 Å². The molecule has 1 atom stereocenters. The smallest absolute Gasteiger partial charge is 0.239 e. The number of nitriles is 1. The fourth-order valence-corrected chi connectivity index (χ4v) is 4.95. The summed E-state index contributed by atoms with van der Waals surface area (Å²) in [7, 11) is -3.15. The number of nitrogens with zero attached hydrogens (tertiary/aromatic N) is 4. The fraction of sp³-hybridized carbons (Fsp3) is 0.857. The second kappa shape index (κ2) is 8.49. The van der Waals surface area contributed by atoms with Crippen LogP contribution in [-0.2, 0) is 14.8 Å². The average molecular weight is 376 g/mol. The molecular weight excluding hydrogens is 350 g/mol. The quantitative estimate of drug-likeness (QED) is 0.635. The molecule has 2 fully saturated rings. The van der Waals surface area contributed by atoms with Crippen LogP contribution in [0.25, 0.3) is 0 Å². The van der Waals surface area contributed by atoms with E-state index < -0.39 is 15.4 Å². The molecule has 0 aromatic heterocycles. The van der Waals surface area contributed by atoms with E-state index in [1.54, 1.807) is 4.90 Å². The number of amides is 1. The molecule has 0 saturated carbocycles. The molecule has 1 unspecified atom stereocenters. The van der Waals surface area contributed by atoms with E-state index in [-0.39, 0.29) is 18.5 Å². The molecule has 0 aliphatic carbocycles. The zero-order chi connectivity index (χ0) is 17.7. The lowest BCUT2D eigenvalue weighted by Gasteiger charge is -2.38. The standard InChI is InChI=1S/C14H25N5O3S2/c1-3-16-19(11-13(20)18-8-9-23-14(18)10-15)12-4-6-17(7-5-12)24(2,21)22/h12,14,16H,3-9,11H2,1-2H3. The van der Waals surface area contributed by atoms with Crippen LogP contribution in [0.5, 0.6) is 0 Å². The number of rotatable bonds is 6. The molecule has 24 heavy (non-hydrogen) atoms. The van der Waals surface area contributed by atoms with Crippen molar-refractivity contribution < 1.29 is 13.2 Å². The Hall–Kier alpha value is -0.860. The van der Waals surface area contributed by atoms with Gasteiger partial charge < -0.3 is 4.90 Å². The monoisotopic (exact) mass is 375 g/mol. The van der Waals surface area contributed by atoms with Crippen LogP contribution in [0.4, 0.5) is 0 Å². The molecule has 0 bridgehead atoms. The molecule has 0 aromatic carbocycles. The Morgan fingerprint density at radius 2 is 2.04 bits per heavy atom. The SMILES string of the molecule is CCNN(CC(=O)N1CCSC1C#N)C1CCN(S(C)(=O)=O)CC1. The lowest BCUT2D eigenvalue weighted by molar-refractivity contribution is -0.133. The average Bonchev–Trinajstić information content (AvgIpc) is 3.02. The van der Waals surface area contributed by atoms with Crippen molar-refractivity contribution in [1.82, 2.24) is 19.6 Å². The van der Waals surface area contributed by atoms with Crippen molar-refractivity contribution >= 4 is 27.7 Å². The van der Waals surface area contributed by atoms with Crippen LogP contribution in [0.2, 0.25) is 0 Å². The minimum absolute atomic E-state index is 0.0574. The highest BCUT2D eigenvalue weighted by Gasteiger charge is 2.33. The third kappa shape index (κ3) is 4.83. The first kappa shape index (κ1) is 19.5. The molecule has 2 aliphatic heterocycles. The van der Waals surface area contributed by atoms with E-state index in [9.17, 15) is 13.2 Å². The van der Waals surface area contributed by atoms with Crippen LogP contribution in [0, 0.1) is 11.3 Å². The van der Waals surface area contributed by atoms with E-state index in [4.69, 9.17) is 5.26 Å². The first-order valence-corrected chi connectivity index (χ1v) is 11.0. The minimum Gasteiger partial charge on any atom is -0.316 e. The number of hydrazine groups is 1. The molecule has 1 amide bonds. The van der Waals surface area contributed by atoms with Crippen LogP contribution in [0.1, 0.15) is 19.8 Å². The number of hydrogen-bond donors (Lipinski definition) is 1. The van der Waals surface area contributed by atoms with Crippen molar-refractivity contribution in [1.29, 1.82) is 5.26 Å². The van der Waals surface area contributed by atoms with Crippen molar-refractivity contribution in [2.24, 2.45) is 0 Å². The molecule has 2 aliphatic rings. The van der Waals surface area contributed by atoms with Crippen molar-refractivity contribution in [3.63, 3.8) is 0 Å². The van der Waals surface area contributed by atoms with Gasteiger partial charge >= 0.3 is 0 Å². The summed E-state index contributed by atoms with van der Waals surface area (Å²) in [6, 6.07) is 2.27. The Labute approximate surface area is 148 Å². The topological polar surface area (TPSA) is 96.8 Å². The first-order valence-electron chi connectivity index (χ1n) is 8.12. The number of hydrogen-bond acceptors (Lipinski definition) is 7. The zero-order valence-corrected chi connectivity index (χ0v) is 15.8. The largest absolute Gasteiger partial charge is 0.316 e. The van der Waals surface area contributed by atoms with E-state index in [1.165, 1.54) is 22.3 Å². The molecule has 10 heteroatoms. The van der Waals surface area contributed by atoms with Crippen molar-refractivity contribution in [3.05, 3.63) is 0 Å². The summed E-state index contributed by atoms with van der Waals surface area (Å²) >= 11 is 1.49. The fourth-order valence-electron chi connectivity index (χ4n) is 3.07. The van der Waals surface area contributed by atoms with Gasteiger partial charge in [-0.25, -0.2) is 17.7 Å². The minimum atomic E-state index is -3.15. The van der Waals surface area contributed by atoms with Gasteiger partial charge in [-0.05, 0) is 12.8 Å². The molecule has 2 rings (SSSR count). The highest BCUT2D eigenvalue weighted by molar-refractivity contribution is 8.00. The highest BCUT2D eigenvalue weighted by atomic mass is 32.2. The van der Waals surface area contributed by atoms with Gasteiger partial charge in [0.05, 0.1) is 18.9 Å². The van der Waals surface area contributed by atoms with Crippen LogP contribution in [0.3, 0.4) is 0 Å². The van der Waals surface area contributed by atoms with Gasteiger partial charge in [0.25, 0.3) is 0 Å². The Morgan fingerprint density at radius 3 is 2.58 bits per heavy atom.